The number of benzene rings is 1. The monoisotopic (exact) mass is 368 g/mol. The van der Waals surface area contributed by atoms with Gasteiger partial charge in [0, 0.05) is 35.1 Å². The van der Waals surface area contributed by atoms with Crippen LogP contribution in [-0.4, -0.2) is 27.2 Å². The summed E-state index contributed by atoms with van der Waals surface area (Å²) in [4.78, 5) is 19.1. The summed E-state index contributed by atoms with van der Waals surface area (Å²) in [5, 5.41) is 7.68. The minimum absolute atomic E-state index is 0.106. The molecule has 3 aromatic heterocycles. The summed E-state index contributed by atoms with van der Waals surface area (Å²) in [6, 6.07) is 12.0. The molecule has 0 saturated heterocycles. The van der Waals surface area contributed by atoms with Crippen LogP contribution in [0.4, 0.5) is 0 Å². The number of carbonyl (C=O) groups is 1. The van der Waals surface area contributed by atoms with Crippen molar-refractivity contribution < 1.29 is 4.79 Å². The Kier molecular flexibility index (Phi) is 4.33. The molecular weight excluding hydrogens is 352 g/mol. The van der Waals surface area contributed by atoms with E-state index in [9.17, 15) is 4.79 Å². The Morgan fingerprint density at radius 3 is 2.88 bits per heavy atom. The van der Waals surface area contributed by atoms with Gasteiger partial charge in [-0.05, 0) is 30.7 Å². The van der Waals surface area contributed by atoms with Crippen LogP contribution in [0.1, 0.15) is 14.7 Å². The Morgan fingerprint density at radius 2 is 2.08 bits per heavy atom. The summed E-state index contributed by atoms with van der Waals surface area (Å²) in [5.41, 5.74) is 1.99. The van der Waals surface area contributed by atoms with Crippen LogP contribution in [0.15, 0.2) is 48.8 Å². The predicted molar refractivity (Wildman–Crippen MR) is 102 cm³/mol. The number of hydrogen-bond donors (Lipinski definition) is 1. The lowest BCUT2D eigenvalue weighted by molar-refractivity contribution is 0.0954. The van der Waals surface area contributed by atoms with E-state index < -0.39 is 0 Å². The van der Waals surface area contributed by atoms with Crippen molar-refractivity contribution in [3.8, 4) is 10.4 Å². The van der Waals surface area contributed by atoms with E-state index in [4.69, 9.17) is 0 Å². The van der Waals surface area contributed by atoms with Crippen LogP contribution in [0.5, 0.6) is 0 Å². The van der Waals surface area contributed by atoms with Crippen LogP contribution in [-0.2, 0) is 13.5 Å². The van der Waals surface area contributed by atoms with E-state index in [2.05, 4.69) is 27.5 Å². The van der Waals surface area contributed by atoms with Gasteiger partial charge >= 0.3 is 0 Å². The van der Waals surface area contributed by atoms with Crippen molar-refractivity contribution in [3.05, 3.63) is 58.7 Å². The van der Waals surface area contributed by atoms with Gasteiger partial charge in [-0.1, -0.05) is 12.1 Å². The number of hydrogen-bond acceptors (Lipinski definition) is 5. The van der Waals surface area contributed by atoms with Gasteiger partial charge in [0.15, 0.2) is 5.01 Å². The maximum absolute atomic E-state index is 12.3. The van der Waals surface area contributed by atoms with E-state index in [1.807, 2.05) is 43.7 Å². The van der Waals surface area contributed by atoms with Crippen molar-refractivity contribution in [3.63, 3.8) is 0 Å². The molecule has 0 atom stereocenters. The van der Waals surface area contributed by atoms with Gasteiger partial charge < -0.3 is 5.32 Å². The highest BCUT2D eigenvalue weighted by molar-refractivity contribution is 7.20. The Balaban J connectivity index is 1.36. The summed E-state index contributed by atoms with van der Waals surface area (Å²) in [6.45, 7) is 0.599. The van der Waals surface area contributed by atoms with Gasteiger partial charge in [0.2, 0.25) is 0 Å². The van der Waals surface area contributed by atoms with Crippen LogP contribution < -0.4 is 5.32 Å². The summed E-state index contributed by atoms with van der Waals surface area (Å²) < 4.78 is 2.83. The quantitative estimate of drug-likeness (QED) is 0.584. The number of nitrogens with one attached hydrogen (secondary N) is 1. The van der Waals surface area contributed by atoms with E-state index in [0.29, 0.717) is 11.6 Å². The standard InChI is InChI=1S/C18H16N4OS2/c1-22-11-12(10-20-22)15-7-6-13(24-15)8-9-19-17(23)18-21-14-4-2-3-5-16(14)25-18/h2-7,10-11H,8-9H2,1H3,(H,19,23). The van der Waals surface area contributed by atoms with Crippen LogP contribution in [0.2, 0.25) is 0 Å². The topological polar surface area (TPSA) is 59.8 Å². The zero-order valence-electron chi connectivity index (χ0n) is 13.6. The second kappa shape index (κ2) is 6.78. The largest absolute Gasteiger partial charge is 0.350 e. The zero-order valence-corrected chi connectivity index (χ0v) is 15.2. The molecule has 4 aromatic rings. The van der Waals surface area contributed by atoms with Gasteiger partial charge in [-0.25, -0.2) is 4.98 Å². The van der Waals surface area contributed by atoms with Crippen molar-refractivity contribution in [2.45, 2.75) is 6.42 Å². The lowest BCUT2D eigenvalue weighted by Gasteiger charge is -2.01. The molecule has 0 aliphatic carbocycles. The molecule has 0 saturated carbocycles. The number of aromatic nitrogens is 3. The highest BCUT2D eigenvalue weighted by Crippen LogP contribution is 2.27. The summed E-state index contributed by atoms with van der Waals surface area (Å²) in [6.07, 6.45) is 4.68. The lowest BCUT2D eigenvalue weighted by atomic mass is 10.3. The van der Waals surface area contributed by atoms with Gasteiger partial charge in [0.1, 0.15) is 0 Å². The molecule has 0 unspecified atom stereocenters. The van der Waals surface area contributed by atoms with Crippen molar-refractivity contribution in [2.24, 2.45) is 7.05 Å². The molecule has 4 rings (SSSR count). The van der Waals surface area contributed by atoms with E-state index >= 15 is 0 Å². The Labute approximate surface area is 153 Å². The molecule has 25 heavy (non-hydrogen) atoms. The third-order valence-electron chi connectivity index (χ3n) is 3.80. The molecular formula is C18H16N4OS2. The molecule has 3 heterocycles. The van der Waals surface area contributed by atoms with Crippen molar-refractivity contribution in [2.75, 3.05) is 6.54 Å². The average Bonchev–Trinajstić information content (AvgIpc) is 3.32. The van der Waals surface area contributed by atoms with Crippen molar-refractivity contribution in [1.29, 1.82) is 0 Å². The van der Waals surface area contributed by atoms with E-state index in [0.717, 1.165) is 22.2 Å². The molecule has 0 radical (unpaired) electrons. The first-order valence-corrected chi connectivity index (χ1v) is 9.54. The SMILES string of the molecule is Cn1cc(-c2ccc(CCNC(=O)c3nc4ccccc4s3)s2)cn1. The van der Waals surface area contributed by atoms with Gasteiger partial charge in [-0.15, -0.1) is 22.7 Å². The van der Waals surface area contributed by atoms with E-state index in [1.54, 1.807) is 16.0 Å². The first-order valence-electron chi connectivity index (χ1n) is 7.90. The highest BCUT2D eigenvalue weighted by atomic mass is 32.1. The van der Waals surface area contributed by atoms with E-state index in [-0.39, 0.29) is 5.91 Å². The molecule has 1 aromatic carbocycles. The smallest absolute Gasteiger partial charge is 0.280 e. The fourth-order valence-electron chi connectivity index (χ4n) is 2.56. The second-order valence-corrected chi connectivity index (χ2v) is 7.86. The van der Waals surface area contributed by atoms with Crippen molar-refractivity contribution >= 4 is 38.8 Å². The molecule has 0 fully saturated rings. The Hall–Kier alpha value is -2.51. The van der Waals surface area contributed by atoms with Crippen LogP contribution in [0.3, 0.4) is 0 Å². The van der Waals surface area contributed by atoms with Gasteiger partial charge in [0.25, 0.3) is 5.91 Å². The van der Waals surface area contributed by atoms with Gasteiger partial charge in [-0.3, -0.25) is 9.48 Å². The number of para-hydroxylation sites is 1. The summed E-state index contributed by atoms with van der Waals surface area (Å²) in [5.74, 6) is -0.106. The molecule has 0 aliphatic heterocycles. The number of nitrogens with zero attached hydrogens (tertiary/aromatic N) is 3. The average molecular weight is 368 g/mol. The minimum atomic E-state index is -0.106. The molecule has 1 amide bonds. The summed E-state index contributed by atoms with van der Waals surface area (Å²) >= 11 is 3.16. The number of fused-ring (bicyclic) bond motifs is 1. The Morgan fingerprint density at radius 1 is 1.20 bits per heavy atom. The third kappa shape index (κ3) is 3.47. The fraction of sp³-hybridized carbons (Fsp3) is 0.167. The molecule has 5 nitrogen and oxygen atoms in total. The Bertz CT molecular complexity index is 997. The number of rotatable bonds is 5. The van der Waals surface area contributed by atoms with Crippen molar-refractivity contribution in [1.82, 2.24) is 20.1 Å². The third-order valence-corrected chi connectivity index (χ3v) is 6.03. The lowest BCUT2D eigenvalue weighted by Crippen LogP contribution is -2.25. The number of thiazole rings is 1. The van der Waals surface area contributed by atoms with Crippen LogP contribution in [0.25, 0.3) is 20.7 Å². The highest BCUT2D eigenvalue weighted by Gasteiger charge is 2.12. The fourth-order valence-corrected chi connectivity index (χ4v) is 4.42. The van der Waals surface area contributed by atoms with Crippen LogP contribution in [0, 0.1) is 0 Å². The maximum atomic E-state index is 12.3. The molecule has 0 spiro atoms. The van der Waals surface area contributed by atoms with Gasteiger partial charge in [-0.2, -0.15) is 5.10 Å². The second-order valence-electron chi connectivity index (χ2n) is 5.66. The van der Waals surface area contributed by atoms with E-state index in [1.165, 1.54) is 21.1 Å². The first-order chi connectivity index (χ1) is 12.2. The number of thiophene rings is 1. The molecule has 1 N–H and O–H groups in total. The first kappa shape index (κ1) is 16.0. The van der Waals surface area contributed by atoms with Gasteiger partial charge in [0.05, 0.1) is 16.4 Å². The molecule has 0 bridgehead atoms. The normalized spacial score (nSPS) is 11.1. The maximum Gasteiger partial charge on any atom is 0.280 e. The number of aryl methyl sites for hydroxylation is 1. The van der Waals surface area contributed by atoms with Crippen LogP contribution >= 0.6 is 22.7 Å². The zero-order chi connectivity index (χ0) is 17.2. The predicted octanol–water partition coefficient (Wildman–Crippen LogP) is 3.73. The molecule has 0 aliphatic rings. The molecule has 126 valence electrons. The number of amides is 1. The molecule has 7 heteroatoms. The number of carbonyl (C=O) groups excluding carboxylic acids is 1. The summed E-state index contributed by atoms with van der Waals surface area (Å²) in [7, 11) is 1.91. The minimum Gasteiger partial charge on any atom is -0.350 e.